The third kappa shape index (κ3) is 27200. The highest BCUT2D eigenvalue weighted by Gasteiger charge is 1.43. The topological polar surface area (TPSA) is 52.9 Å². The molecule has 3 nitrogen and oxygen atoms in total. The predicted molar refractivity (Wildman–Crippen MR) is 26.4 cm³/mol. The summed E-state index contributed by atoms with van der Waals surface area (Å²) >= 11 is 0. The maximum Gasteiger partial charge on any atom is 0.206 e. The van der Waals surface area contributed by atoms with Gasteiger partial charge in [-0.05, 0) is 0 Å². The van der Waals surface area contributed by atoms with E-state index >= 15 is 0 Å². The minimum Gasteiger partial charge on any atom is -0.362 e. The van der Waals surface area contributed by atoms with Gasteiger partial charge in [0.15, 0.2) is 0 Å². The van der Waals surface area contributed by atoms with Gasteiger partial charge in [0, 0.05) is 14.0 Å². The molecule has 0 heterocycles. The van der Waals surface area contributed by atoms with E-state index in [2.05, 4.69) is 5.32 Å². The van der Waals surface area contributed by atoms with E-state index in [1.54, 1.807) is 13.1 Å². The van der Waals surface area contributed by atoms with Crippen LogP contribution in [-0.2, 0) is 4.79 Å². The van der Waals surface area contributed by atoms with Gasteiger partial charge < -0.3 is 5.32 Å². The fourth-order valence-electron chi connectivity index (χ4n) is 0. The Kier molecular flexibility index (Phi) is 27.0. The Morgan fingerprint density at radius 2 is 2.00 bits per heavy atom. The molecule has 0 atom stereocenters. The van der Waals surface area contributed by atoms with Gasteiger partial charge in [-0.1, -0.05) is 0 Å². The lowest BCUT2D eigenvalue weighted by Crippen LogP contribution is -1.98. The second kappa shape index (κ2) is 20.2. The minimum absolute atomic E-state index is 0.625. The molecule has 7 heavy (non-hydrogen) atoms. The zero-order valence-electron chi connectivity index (χ0n) is 4.43. The van der Waals surface area contributed by atoms with Crippen molar-refractivity contribution in [2.45, 2.75) is 6.92 Å². The van der Waals surface area contributed by atoms with Crippen LogP contribution in [0.5, 0.6) is 0 Å². The maximum atomic E-state index is 9.06. The molecule has 0 aliphatic carbocycles. The molecule has 0 bridgehead atoms. The molecular formula is C4H8N2O. The first-order valence-electron chi connectivity index (χ1n) is 1.75. The number of nitrogens with zero attached hydrogens (tertiary/aromatic N) is 1. The van der Waals surface area contributed by atoms with E-state index < -0.39 is 0 Å². The molecule has 0 aromatic carbocycles. The molecule has 1 amide bonds. The zero-order valence-corrected chi connectivity index (χ0v) is 4.43. The number of nitriles is 1. The van der Waals surface area contributed by atoms with E-state index in [1.165, 1.54) is 6.92 Å². The van der Waals surface area contributed by atoms with Crippen molar-refractivity contribution in [2.24, 2.45) is 0 Å². The molecule has 0 rings (SSSR count). The number of hydrogen-bond acceptors (Lipinski definition) is 2. The summed E-state index contributed by atoms with van der Waals surface area (Å²) in [6.45, 7) is 1.43. The third-order valence-electron chi connectivity index (χ3n) is 0.118. The summed E-state index contributed by atoms with van der Waals surface area (Å²) in [4.78, 5) is 9.06. The molecular weight excluding hydrogens is 92.1 g/mol. The Bertz CT molecular complexity index is 64.6. The SMILES string of the molecule is CC#N.CNC=O. The van der Waals surface area contributed by atoms with Crippen LogP contribution < -0.4 is 5.32 Å². The number of carbonyl (C=O) groups is 1. The average Bonchev–Trinajstić information content (AvgIpc) is 1.69. The van der Waals surface area contributed by atoms with Crippen molar-refractivity contribution in [3.05, 3.63) is 0 Å². The Balaban J connectivity index is 0. The summed E-state index contributed by atoms with van der Waals surface area (Å²) in [7, 11) is 1.56. The van der Waals surface area contributed by atoms with Crippen molar-refractivity contribution in [3.63, 3.8) is 0 Å². The molecule has 3 heteroatoms. The summed E-state index contributed by atoms with van der Waals surface area (Å²) in [6.07, 6.45) is 0.625. The van der Waals surface area contributed by atoms with Crippen LogP contribution in [0.3, 0.4) is 0 Å². The largest absolute Gasteiger partial charge is 0.362 e. The van der Waals surface area contributed by atoms with Crippen molar-refractivity contribution < 1.29 is 4.79 Å². The number of nitrogens with one attached hydrogen (secondary N) is 1. The monoisotopic (exact) mass is 100 g/mol. The molecule has 0 aliphatic rings. The highest BCUT2D eigenvalue weighted by Crippen LogP contribution is 1.21. The first-order chi connectivity index (χ1) is 3.33. The maximum absolute atomic E-state index is 9.06. The molecule has 0 aromatic rings. The average molecular weight is 100 g/mol. The second-order valence-corrected chi connectivity index (χ2v) is 0.630. The highest BCUT2D eigenvalue weighted by molar-refractivity contribution is 5.44. The van der Waals surface area contributed by atoms with Gasteiger partial charge in [-0.3, -0.25) is 4.79 Å². The molecule has 0 aliphatic heterocycles. The number of carbonyl (C=O) groups excluding carboxylic acids is 1. The standard InChI is InChI=1S/C2H5NO.C2H3N/c1-3-2-4;1-2-3/h2H,1H3,(H,3,4);1H3. The molecule has 1 N–H and O–H groups in total. The van der Waals surface area contributed by atoms with E-state index in [9.17, 15) is 0 Å². The lowest BCUT2D eigenvalue weighted by atomic mass is 11.0. The van der Waals surface area contributed by atoms with E-state index in [4.69, 9.17) is 10.1 Å². The molecule has 40 valence electrons. The minimum atomic E-state index is 0.625. The van der Waals surface area contributed by atoms with Crippen molar-refractivity contribution in [2.75, 3.05) is 7.05 Å². The van der Waals surface area contributed by atoms with E-state index in [1.807, 2.05) is 0 Å². The normalized spacial score (nSPS) is 4.14. The van der Waals surface area contributed by atoms with Gasteiger partial charge in [0.2, 0.25) is 6.41 Å². The Morgan fingerprint density at radius 3 is 2.00 bits per heavy atom. The number of rotatable bonds is 1. The predicted octanol–water partition coefficient (Wildman–Crippen LogP) is -0.108. The molecule has 0 unspecified atom stereocenters. The first kappa shape index (κ1) is 9.35. The molecule has 0 saturated heterocycles. The van der Waals surface area contributed by atoms with Crippen molar-refractivity contribution >= 4 is 6.41 Å². The van der Waals surface area contributed by atoms with Gasteiger partial charge in [0.25, 0.3) is 0 Å². The van der Waals surface area contributed by atoms with Crippen molar-refractivity contribution in [1.82, 2.24) is 5.32 Å². The fraction of sp³-hybridized carbons (Fsp3) is 0.500. The van der Waals surface area contributed by atoms with Crippen LogP contribution >= 0.6 is 0 Å². The smallest absolute Gasteiger partial charge is 0.206 e. The van der Waals surface area contributed by atoms with Gasteiger partial charge in [0.1, 0.15) is 0 Å². The lowest BCUT2D eigenvalue weighted by molar-refractivity contribution is -0.109. The summed E-state index contributed by atoms with van der Waals surface area (Å²) < 4.78 is 0. The van der Waals surface area contributed by atoms with Gasteiger partial charge in [-0.2, -0.15) is 5.26 Å². The van der Waals surface area contributed by atoms with Crippen LogP contribution in [0.15, 0.2) is 0 Å². The van der Waals surface area contributed by atoms with Crippen LogP contribution in [0.1, 0.15) is 6.92 Å². The Hall–Kier alpha value is -1.04. The summed E-state index contributed by atoms with van der Waals surface area (Å²) in [5.41, 5.74) is 0. The van der Waals surface area contributed by atoms with E-state index in [0.717, 1.165) is 0 Å². The van der Waals surface area contributed by atoms with Crippen LogP contribution in [-0.4, -0.2) is 13.5 Å². The Morgan fingerprint density at radius 1 is 1.86 bits per heavy atom. The summed E-state index contributed by atoms with van der Waals surface area (Å²) in [5, 5.41) is 9.57. The second-order valence-electron chi connectivity index (χ2n) is 0.630. The van der Waals surface area contributed by atoms with Gasteiger partial charge in [0.05, 0.1) is 6.07 Å². The number of amides is 1. The van der Waals surface area contributed by atoms with Crippen LogP contribution in [0.4, 0.5) is 0 Å². The van der Waals surface area contributed by atoms with Crippen LogP contribution in [0, 0.1) is 11.3 Å². The van der Waals surface area contributed by atoms with E-state index in [-0.39, 0.29) is 0 Å². The fourth-order valence-corrected chi connectivity index (χ4v) is 0. The first-order valence-corrected chi connectivity index (χ1v) is 1.75. The summed E-state index contributed by atoms with van der Waals surface area (Å²) in [6, 6.07) is 1.75. The Labute approximate surface area is 42.9 Å². The van der Waals surface area contributed by atoms with Crippen molar-refractivity contribution in [3.8, 4) is 6.07 Å². The molecule has 0 aromatic heterocycles. The van der Waals surface area contributed by atoms with Gasteiger partial charge >= 0.3 is 0 Å². The van der Waals surface area contributed by atoms with E-state index in [0.29, 0.717) is 6.41 Å². The zero-order chi connectivity index (χ0) is 6.12. The lowest BCUT2D eigenvalue weighted by Gasteiger charge is -1.64. The molecule has 0 spiro atoms. The van der Waals surface area contributed by atoms with Crippen molar-refractivity contribution in [1.29, 1.82) is 5.26 Å². The number of hydrogen-bond donors (Lipinski definition) is 1. The quantitative estimate of drug-likeness (QED) is 0.467. The molecule has 0 radical (unpaired) electrons. The highest BCUT2D eigenvalue weighted by atomic mass is 16.1. The van der Waals surface area contributed by atoms with Gasteiger partial charge in [-0.15, -0.1) is 0 Å². The molecule has 0 saturated carbocycles. The van der Waals surface area contributed by atoms with Crippen LogP contribution in [0.25, 0.3) is 0 Å². The third-order valence-corrected chi connectivity index (χ3v) is 0.118. The molecule has 0 fully saturated rings. The summed E-state index contributed by atoms with van der Waals surface area (Å²) in [5.74, 6) is 0. The van der Waals surface area contributed by atoms with Crippen LogP contribution in [0.2, 0.25) is 0 Å². The van der Waals surface area contributed by atoms with Gasteiger partial charge in [-0.25, -0.2) is 0 Å².